The van der Waals surface area contributed by atoms with E-state index >= 15 is 0 Å². The van der Waals surface area contributed by atoms with E-state index in [9.17, 15) is 4.79 Å². The summed E-state index contributed by atoms with van der Waals surface area (Å²) in [4.78, 5) is 12.2. The molecule has 1 amide bonds. The maximum Gasteiger partial charge on any atom is 0.230 e. The predicted molar refractivity (Wildman–Crippen MR) is 101 cm³/mol. The number of amides is 1. The van der Waals surface area contributed by atoms with Gasteiger partial charge in [-0.15, -0.1) is 5.10 Å². The van der Waals surface area contributed by atoms with Crippen molar-refractivity contribution in [3.63, 3.8) is 0 Å². The van der Waals surface area contributed by atoms with Crippen molar-refractivity contribution in [3.05, 3.63) is 64.6 Å². The fraction of sp³-hybridized carbons (Fsp3) is 0.176. The van der Waals surface area contributed by atoms with Gasteiger partial charge in [-0.2, -0.15) is 4.68 Å². The van der Waals surface area contributed by atoms with Crippen molar-refractivity contribution in [1.29, 1.82) is 0 Å². The second kappa shape index (κ2) is 8.26. The molecule has 0 bridgehead atoms. The fourth-order valence-corrected chi connectivity index (χ4v) is 3.21. The molecule has 1 unspecified atom stereocenters. The first-order chi connectivity index (χ1) is 12.1. The minimum Gasteiger partial charge on any atom is -0.349 e. The third kappa shape index (κ3) is 4.67. The van der Waals surface area contributed by atoms with Crippen LogP contribution in [0.5, 0.6) is 0 Å². The van der Waals surface area contributed by atoms with Crippen LogP contribution >= 0.6 is 27.7 Å². The van der Waals surface area contributed by atoms with Gasteiger partial charge in [-0.05, 0) is 47.2 Å². The molecule has 0 fully saturated rings. The highest BCUT2D eigenvalue weighted by Crippen LogP contribution is 2.19. The summed E-state index contributed by atoms with van der Waals surface area (Å²) in [6, 6.07) is 17.4. The van der Waals surface area contributed by atoms with Crippen molar-refractivity contribution in [2.24, 2.45) is 0 Å². The Kier molecular flexibility index (Phi) is 5.83. The van der Waals surface area contributed by atoms with Crippen LogP contribution in [0.2, 0.25) is 0 Å². The molecule has 0 aliphatic rings. The van der Waals surface area contributed by atoms with E-state index in [-0.39, 0.29) is 17.7 Å². The molecule has 25 heavy (non-hydrogen) atoms. The van der Waals surface area contributed by atoms with Crippen LogP contribution in [-0.4, -0.2) is 31.9 Å². The summed E-state index contributed by atoms with van der Waals surface area (Å²) in [5.41, 5.74) is 1.91. The van der Waals surface area contributed by atoms with Gasteiger partial charge < -0.3 is 5.32 Å². The van der Waals surface area contributed by atoms with E-state index in [0.717, 1.165) is 15.7 Å². The molecule has 1 aromatic heterocycles. The summed E-state index contributed by atoms with van der Waals surface area (Å²) in [7, 11) is 0. The van der Waals surface area contributed by atoms with Crippen molar-refractivity contribution in [2.45, 2.75) is 18.1 Å². The third-order valence-corrected chi connectivity index (χ3v) is 4.97. The summed E-state index contributed by atoms with van der Waals surface area (Å²) in [6.07, 6.45) is 0. The number of tetrazole rings is 1. The van der Waals surface area contributed by atoms with Gasteiger partial charge in [0.15, 0.2) is 0 Å². The summed E-state index contributed by atoms with van der Waals surface area (Å²) < 4.78 is 2.63. The average Bonchev–Trinajstić information content (AvgIpc) is 3.10. The smallest absolute Gasteiger partial charge is 0.230 e. The number of rotatable bonds is 6. The van der Waals surface area contributed by atoms with E-state index < -0.39 is 0 Å². The predicted octanol–water partition coefficient (Wildman–Crippen LogP) is 3.39. The number of nitrogens with zero attached hydrogens (tertiary/aromatic N) is 4. The number of halogens is 1. The molecule has 2 aromatic carbocycles. The number of carbonyl (C=O) groups is 1. The van der Waals surface area contributed by atoms with Crippen LogP contribution in [0.4, 0.5) is 0 Å². The number of para-hydroxylation sites is 1. The second-order valence-corrected chi connectivity index (χ2v) is 7.20. The zero-order valence-corrected chi connectivity index (χ0v) is 15.9. The summed E-state index contributed by atoms with van der Waals surface area (Å²) in [6.45, 7) is 1.96. The SMILES string of the molecule is CC(NC(=O)CSc1nnnn1-c1ccccc1)c1ccc(Br)cc1. The Morgan fingerprint density at radius 2 is 1.92 bits per heavy atom. The van der Waals surface area contributed by atoms with Crippen LogP contribution < -0.4 is 5.32 Å². The van der Waals surface area contributed by atoms with E-state index in [1.54, 1.807) is 4.68 Å². The van der Waals surface area contributed by atoms with Crippen LogP contribution in [0.3, 0.4) is 0 Å². The Morgan fingerprint density at radius 3 is 2.64 bits per heavy atom. The molecular weight excluding hydrogens is 402 g/mol. The molecule has 1 N–H and O–H groups in total. The van der Waals surface area contributed by atoms with Gasteiger partial charge in [-0.3, -0.25) is 4.79 Å². The number of hydrogen-bond donors (Lipinski definition) is 1. The van der Waals surface area contributed by atoms with Crippen molar-refractivity contribution < 1.29 is 4.79 Å². The quantitative estimate of drug-likeness (QED) is 0.622. The first kappa shape index (κ1) is 17.6. The van der Waals surface area contributed by atoms with E-state index in [1.807, 2.05) is 61.5 Å². The topological polar surface area (TPSA) is 72.7 Å². The largest absolute Gasteiger partial charge is 0.349 e. The van der Waals surface area contributed by atoms with Gasteiger partial charge in [0.05, 0.1) is 17.5 Å². The number of nitrogens with one attached hydrogen (secondary N) is 1. The van der Waals surface area contributed by atoms with Gasteiger partial charge in [0.2, 0.25) is 11.1 Å². The Bertz CT molecular complexity index is 838. The lowest BCUT2D eigenvalue weighted by molar-refractivity contribution is -0.119. The standard InChI is InChI=1S/C17H16BrN5OS/c1-12(13-7-9-14(18)10-8-13)19-16(24)11-25-17-20-21-22-23(17)15-5-3-2-4-6-15/h2-10,12H,11H2,1H3,(H,19,24). The van der Waals surface area contributed by atoms with Crippen LogP contribution in [0.15, 0.2) is 64.2 Å². The molecule has 0 aliphatic carbocycles. The summed E-state index contributed by atoms with van der Waals surface area (Å²) >= 11 is 4.71. The van der Waals surface area contributed by atoms with Gasteiger partial charge >= 0.3 is 0 Å². The zero-order chi connectivity index (χ0) is 17.6. The minimum atomic E-state index is -0.0666. The molecule has 3 aromatic rings. The van der Waals surface area contributed by atoms with Crippen LogP contribution in [-0.2, 0) is 4.79 Å². The van der Waals surface area contributed by atoms with Crippen molar-refractivity contribution in [1.82, 2.24) is 25.5 Å². The summed E-state index contributed by atoms with van der Waals surface area (Å²) in [5.74, 6) is 0.177. The molecule has 1 heterocycles. The molecule has 0 saturated heterocycles. The maximum atomic E-state index is 12.2. The van der Waals surface area contributed by atoms with Crippen molar-refractivity contribution in [3.8, 4) is 5.69 Å². The van der Waals surface area contributed by atoms with Gasteiger partial charge in [-0.25, -0.2) is 0 Å². The number of benzene rings is 2. The lowest BCUT2D eigenvalue weighted by Gasteiger charge is -2.14. The van der Waals surface area contributed by atoms with Gasteiger partial charge in [0, 0.05) is 4.47 Å². The van der Waals surface area contributed by atoms with E-state index in [4.69, 9.17) is 0 Å². The van der Waals surface area contributed by atoms with Crippen molar-refractivity contribution >= 4 is 33.6 Å². The normalized spacial score (nSPS) is 11.9. The Hall–Kier alpha value is -2.19. The first-order valence-corrected chi connectivity index (χ1v) is 9.43. The zero-order valence-electron chi connectivity index (χ0n) is 13.5. The van der Waals surface area contributed by atoms with Crippen molar-refractivity contribution in [2.75, 3.05) is 5.75 Å². The Labute approximate surface area is 158 Å². The molecule has 8 heteroatoms. The Morgan fingerprint density at radius 1 is 1.20 bits per heavy atom. The monoisotopic (exact) mass is 417 g/mol. The highest BCUT2D eigenvalue weighted by Gasteiger charge is 2.13. The number of hydrogen-bond acceptors (Lipinski definition) is 5. The Balaban J connectivity index is 1.58. The maximum absolute atomic E-state index is 12.2. The molecule has 0 spiro atoms. The van der Waals surface area contributed by atoms with Gasteiger partial charge in [-0.1, -0.05) is 58.0 Å². The highest BCUT2D eigenvalue weighted by atomic mass is 79.9. The number of thioether (sulfide) groups is 1. The molecule has 0 aliphatic heterocycles. The third-order valence-electron chi connectivity index (χ3n) is 3.52. The molecule has 6 nitrogen and oxygen atoms in total. The lowest BCUT2D eigenvalue weighted by atomic mass is 10.1. The van der Waals surface area contributed by atoms with E-state index in [2.05, 4.69) is 36.8 Å². The van der Waals surface area contributed by atoms with Crippen LogP contribution in [0.1, 0.15) is 18.5 Å². The molecule has 0 radical (unpaired) electrons. The molecule has 3 rings (SSSR count). The number of carbonyl (C=O) groups excluding carboxylic acids is 1. The lowest BCUT2D eigenvalue weighted by Crippen LogP contribution is -2.28. The summed E-state index contributed by atoms with van der Waals surface area (Å²) in [5, 5.41) is 15.2. The van der Waals surface area contributed by atoms with Crippen LogP contribution in [0, 0.1) is 0 Å². The van der Waals surface area contributed by atoms with E-state index in [1.165, 1.54) is 11.8 Å². The molecule has 128 valence electrons. The fourth-order valence-electron chi connectivity index (χ4n) is 2.25. The number of aromatic nitrogens is 4. The van der Waals surface area contributed by atoms with Crippen LogP contribution in [0.25, 0.3) is 5.69 Å². The van der Waals surface area contributed by atoms with Gasteiger partial charge in [0.1, 0.15) is 0 Å². The highest BCUT2D eigenvalue weighted by molar-refractivity contribution is 9.10. The van der Waals surface area contributed by atoms with Gasteiger partial charge in [0.25, 0.3) is 0 Å². The van der Waals surface area contributed by atoms with E-state index in [0.29, 0.717) is 5.16 Å². The average molecular weight is 418 g/mol. The molecular formula is C17H16BrN5OS. The molecule has 0 saturated carbocycles. The second-order valence-electron chi connectivity index (χ2n) is 5.34. The minimum absolute atomic E-state index is 0.0636. The first-order valence-electron chi connectivity index (χ1n) is 7.65. The molecule has 1 atom stereocenters.